The highest BCUT2D eigenvalue weighted by Gasteiger charge is 2.17. The summed E-state index contributed by atoms with van der Waals surface area (Å²) in [5.74, 6) is 0.939. The Balaban J connectivity index is 1.49. The van der Waals surface area contributed by atoms with Gasteiger partial charge in [0.2, 0.25) is 0 Å². The molecule has 0 N–H and O–H groups in total. The van der Waals surface area contributed by atoms with Crippen molar-refractivity contribution in [1.29, 1.82) is 0 Å². The first-order valence-electron chi connectivity index (χ1n) is 12.2. The largest absolute Gasteiger partial charge is 0.317 e. The normalized spacial score (nSPS) is 11.9. The average Bonchev–Trinajstić information content (AvgIpc) is 3.51. The van der Waals surface area contributed by atoms with Crippen molar-refractivity contribution in [2.24, 2.45) is 0 Å². The van der Waals surface area contributed by atoms with Crippen molar-refractivity contribution in [2.45, 2.75) is 0 Å². The molecule has 0 atom stereocenters. The highest BCUT2D eigenvalue weighted by molar-refractivity contribution is 6.20. The van der Waals surface area contributed by atoms with Gasteiger partial charge < -0.3 is 4.57 Å². The predicted octanol–water partition coefficient (Wildman–Crippen LogP) is 8.43. The molecule has 36 heavy (non-hydrogen) atoms. The molecule has 0 radical (unpaired) electrons. The molecule has 8 aromatic rings. The van der Waals surface area contributed by atoms with Crippen LogP contribution in [0.15, 0.2) is 128 Å². The highest BCUT2D eigenvalue weighted by atomic mass is 15.1. The van der Waals surface area contributed by atoms with Crippen molar-refractivity contribution in [3.05, 3.63) is 128 Å². The van der Waals surface area contributed by atoms with Gasteiger partial charge in [-0.05, 0) is 60.0 Å². The molecule has 5 aromatic carbocycles. The first-order valence-corrected chi connectivity index (χ1v) is 12.2. The number of rotatable bonds is 2. The average molecular weight is 460 g/mol. The Hall–Kier alpha value is -4.89. The molecule has 0 aliphatic carbocycles. The lowest BCUT2D eigenvalue weighted by Crippen LogP contribution is -1.98. The minimum atomic E-state index is 0.939. The number of pyridine rings is 1. The maximum absolute atomic E-state index is 5.09. The third-order valence-corrected chi connectivity index (χ3v) is 7.31. The Labute approximate surface area is 207 Å². The number of hydrogen-bond donors (Lipinski definition) is 0. The molecule has 0 spiro atoms. The van der Waals surface area contributed by atoms with Crippen molar-refractivity contribution in [3.8, 4) is 11.5 Å². The summed E-state index contributed by atoms with van der Waals surface area (Å²) < 4.78 is 4.60. The molecular formula is C33H21N3. The van der Waals surface area contributed by atoms with Crippen LogP contribution in [-0.2, 0) is 0 Å². The third kappa shape index (κ3) is 2.71. The number of hydrogen-bond acceptors (Lipinski definition) is 1. The Morgan fingerprint density at radius 3 is 2.25 bits per heavy atom. The molecule has 3 aromatic heterocycles. The van der Waals surface area contributed by atoms with Gasteiger partial charge in [0.05, 0.1) is 22.1 Å². The Morgan fingerprint density at radius 1 is 0.500 bits per heavy atom. The van der Waals surface area contributed by atoms with E-state index in [1.54, 1.807) is 0 Å². The smallest absolute Gasteiger partial charge is 0.138 e. The summed E-state index contributed by atoms with van der Waals surface area (Å²) in [6.07, 6.45) is 2.16. The summed E-state index contributed by atoms with van der Waals surface area (Å²) in [5.41, 5.74) is 5.75. The molecule has 0 aliphatic heterocycles. The zero-order valence-electron chi connectivity index (χ0n) is 19.5. The summed E-state index contributed by atoms with van der Waals surface area (Å²) in [6, 6.07) is 43.1. The van der Waals surface area contributed by atoms with Crippen molar-refractivity contribution < 1.29 is 0 Å². The van der Waals surface area contributed by atoms with Gasteiger partial charge >= 0.3 is 0 Å². The van der Waals surface area contributed by atoms with Gasteiger partial charge in [-0.2, -0.15) is 0 Å². The zero-order chi connectivity index (χ0) is 23.6. The van der Waals surface area contributed by atoms with Crippen LogP contribution >= 0.6 is 0 Å². The standard InChI is InChI=1S/C33H21N3/c1-2-9-25(10-3-1)35-19-18-24-20-28-23(21-31(24)35)14-16-27-26-11-5-7-13-30(26)36(33(27)28)32-17-15-22-8-4-6-12-29(22)34-32/h1-21H. The fourth-order valence-electron chi connectivity index (χ4n) is 5.65. The van der Waals surface area contributed by atoms with E-state index in [2.05, 4.69) is 137 Å². The van der Waals surface area contributed by atoms with Crippen LogP contribution in [0.3, 0.4) is 0 Å². The first-order chi connectivity index (χ1) is 17.8. The number of aromatic nitrogens is 3. The lowest BCUT2D eigenvalue weighted by atomic mass is 10.0. The van der Waals surface area contributed by atoms with Crippen LogP contribution < -0.4 is 0 Å². The monoisotopic (exact) mass is 459 g/mol. The van der Waals surface area contributed by atoms with Crippen molar-refractivity contribution >= 4 is 54.4 Å². The van der Waals surface area contributed by atoms with Crippen LogP contribution in [0.2, 0.25) is 0 Å². The quantitative estimate of drug-likeness (QED) is 0.254. The maximum atomic E-state index is 5.09. The van der Waals surface area contributed by atoms with Crippen LogP contribution in [0.5, 0.6) is 0 Å². The molecule has 0 amide bonds. The van der Waals surface area contributed by atoms with Crippen molar-refractivity contribution in [3.63, 3.8) is 0 Å². The minimum absolute atomic E-state index is 0.939. The molecule has 0 unspecified atom stereocenters. The van der Waals surface area contributed by atoms with E-state index >= 15 is 0 Å². The fraction of sp³-hybridized carbons (Fsp3) is 0. The SMILES string of the molecule is c1ccc(-n2ccc3cc4c(ccc5c6ccccc6n(-c6ccc7ccccc7n6)c45)cc32)cc1. The fourth-order valence-corrected chi connectivity index (χ4v) is 5.65. The minimum Gasteiger partial charge on any atom is -0.317 e. The topological polar surface area (TPSA) is 22.8 Å². The van der Waals surface area contributed by atoms with Gasteiger partial charge in [-0.15, -0.1) is 0 Å². The van der Waals surface area contributed by atoms with Crippen LogP contribution in [0.4, 0.5) is 0 Å². The molecular weight excluding hydrogens is 438 g/mol. The van der Waals surface area contributed by atoms with Gasteiger partial charge in [0, 0.05) is 38.8 Å². The van der Waals surface area contributed by atoms with Crippen molar-refractivity contribution in [1.82, 2.24) is 14.1 Å². The van der Waals surface area contributed by atoms with E-state index in [9.17, 15) is 0 Å². The maximum Gasteiger partial charge on any atom is 0.138 e. The lowest BCUT2D eigenvalue weighted by molar-refractivity contribution is 1.11. The van der Waals surface area contributed by atoms with E-state index in [4.69, 9.17) is 4.98 Å². The van der Waals surface area contributed by atoms with Gasteiger partial charge in [0.15, 0.2) is 0 Å². The third-order valence-electron chi connectivity index (χ3n) is 7.31. The molecule has 8 rings (SSSR count). The molecule has 0 saturated carbocycles. The lowest BCUT2D eigenvalue weighted by Gasteiger charge is -2.11. The second-order valence-corrected chi connectivity index (χ2v) is 9.33. The first kappa shape index (κ1) is 19.4. The molecule has 0 aliphatic rings. The van der Waals surface area contributed by atoms with Crippen LogP contribution in [0.1, 0.15) is 0 Å². The summed E-state index contributed by atoms with van der Waals surface area (Å²) in [5, 5.41) is 7.31. The predicted molar refractivity (Wildman–Crippen MR) is 150 cm³/mol. The van der Waals surface area contributed by atoms with E-state index in [1.165, 1.54) is 49.2 Å². The van der Waals surface area contributed by atoms with E-state index in [0.717, 1.165) is 16.7 Å². The summed E-state index contributed by atoms with van der Waals surface area (Å²) in [4.78, 5) is 5.09. The summed E-state index contributed by atoms with van der Waals surface area (Å²) in [7, 11) is 0. The Morgan fingerprint density at radius 2 is 1.31 bits per heavy atom. The molecule has 0 saturated heterocycles. The number of fused-ring (bicyclic) bond motifs is 7. The van der Waals surface area contributed by atoms with Crippen LogP contribution in [-0.4, -0.2) is 14.1 Å². The van der Waals surface area contributed by atoms with Gasteiger partial charge in [0.1, 0.15) is 5.82 Å². The van der Waals surface area contributed by atoms with E-state index in [1.807, 2.05) is 0 Å². The summed E-state index contributed by atoms with van der Waals surface area (Å²) in [6.45, 7) is 0. The second kappa shape index (κ2) is 7.30. The summed E-state index contributed by atoms with van der Waals surface area (Å²) >= 11 is 0. The molecule has 0 bridgehead atoms. The number of benzene rings is 5. The van der Waals surface area contributed by atoms with E-state index in [-0.39, 0.29) is 0 Å². The Bertz CT molecular complexity index is 2100. The van der Waals surface area contributed by atoms with Gasteiger partial charge in [-0.1, -0.05) is 66.7 Å². The van der Waals surface area contributed by atoms with Crippen molar-refractivity contribution in [2.75, 3.05) is 0 Å². The van der Waals surface area contributed by atoms with Gasteiger partial charge in [0.25, 0.3) is 0 Å². The Kier molecular flexibility index (Phi) is 3.94. The van der Waals surface area contributed by atoms with Crippen LogP contribution in [0, 0.1) is 0 Å². The number of para-hydroxylation sites is 3. The molecule has 3 heteroatoms. The second-order valence-electron chi connectivity index (χ2n) is 9.33. The van der Waals surface area contributed by atoms with Gasteiger partial charge in [-0.3, -0.25) is 4.57 Å². The number of nitrogens with zero attached hydrogens (tertiary/aromatic N) is 3. The zero-order valence-corrected chi connectivity index (χ0v) is 19.5. The van der Waals surface area contributed by atoms with Crippen LogP contribution in [0.25, 0.3) is 65.9 Å². The van der Waals surface area contributed by atoms with Gasteiger partial charge in [-0.25, -0.2) is 4.98 Å². The molecule has 0 fully saturated rings. The molecule has 3 nitrogen and oxygen atoms in total. The van der Waals surface area contributed by atoms with E-state index in [0.29, 0.717) is 0 Å². The van der Waals surface area contributed by atoms with E-state index < -0.39 is 0 Å². The highest BCUT2D eigenvalue weighted by Crippen LogP contribution is 2.38. The molecule has 168 valence electrons. The molecule has 3 heterocycles.